The molecule has 0 aliphatic carbocycles. The number of aromatic amines is 2. The number of rotatable bonds is 1. The van der Waals surface area contributed by atoms with Crippen molar-refractivity contribution >= 4 is 16.7 Å². The highest BCUT2D eigenvalue weighted by Crippen LogP contribution is 2.22. The lowest BCUT2D eigenvalue weighted by molar-refractivity contribution is 0.0734. The Morgan fingerprint density at radius 1 is 1.05 bits per heavy atom. The van der Waals surface area contributed by atoms with Crippen LogP contribution in [0.25, 0.3) is 10.8 Å². The topological polar surface area (TPSA) is 69.0 Å². The molecule has 0 atom stereocenters. The molecule has 0 saturated heterocycles. The number of nitrogens with zero attached hydrogens (tertiary/aromatic N) is 1. The maximum atomic E-state index is 12.9. The minimum atomic E-state index is -0.0766. The number of carbonyl (C=O) groups excluding carboxylic acids is 1. The molecule has 1 amide bonds. The van der Waals surface area contributed by atoms with Gasteiger partial charge in [0.1, 0.15) is 0 Å². The molecule has 2 N–H and O–H groups in total. The fraction of sp³-hybridized carbons (Fsp3) is 0.176. The normalized spacial score (nSPS) is 14.1. The van der Waals surface area contributed by atoms with Gasteiger partial charge in [-0.25, -0.2) is 0 Å². The van der Waals surface area contributed by atoms with Crippen LogP contribution >= 0.6 is 0 Å². The quantitative estimate of drug-likeness (QED) is 0.721. The van der Waals surface area contributed by atoms with Crippen LogP contribution in [-0.2, 0) is 13.0 Å². The lowest BCUT2D eigenvalue weighted by Gasteiger charge is -2.26. The van der Waals surface area contributed by atoms with Crippen molar-refractivity contribution in [3.8, 4) is 0 Å². The van der Waals surface area contributed by atoms with E-state index in [9.17, 15) is 9.59 Å². The second kappa shape index (κ2) is 4.87. The summed E-state index contributed by atoms with van der Waals surface area (Å²) in [6, 6.07) is 13.7. The van der Waals surface area contributed by atoms with E-state index < -0.39 is 0 Å². The summed E-state index contributed by atoms with van der Waals surface area (Å²) in [6.07, 6.45) is 0.588. The molecule has 5 nitrogen and oxygen atoms in total. The van der Waals surface area contributed by atoms with Gasteiger partial charge in [-0.05, 0) is 23.3 Å². The largest absolute Gasteiger partial charge is 0.332 e. The van der Waals surface area contributed by atoms with E-state index in [2.05, 4.69) is 10.2 Å². The zero-order valence-corrected chi connectivity index (χ0v) is 11.9. The van der Waals surface area contributed by atoms with Gasteiger partial charge in [-0.3, -0.25) is 14.7 Å². The molecular formula is C17H15N3O2. The molecule has 0 radical (unpaired) electrons. The molecule has 1 aromatic heterocycles. The van der Waals surface area contributed by atoms with Gasteiger partial charge in [0.25, 0.3) is 11.5 Å². The number of benzene rings is 2. The molecule has 2 heterocycles. The van der Waals surface area contributed by atoms with Crippen molar-refractivity contribution in [3.05, 3.63) is 69.6 Å². The maximum absolute atomic E-state index is 12.9. The molecule has 2 aromatic carbocycles. The van der Waals surface area contributed by atoms with Crippen molar-refractivity contribution < 1.29 is 4.79 Å². The maximum Gasteiger partial charge on any atom is 0.267 e. The van der Waals surface area contributed by atoms with Crippen LogP contribution in [-0.4, -0.2) is 27.5 Å². The summed E-state index contributed by atoms with van der Waals surface area (Å²) < 4.78 is 0. The van der Waals surface area contributed by atoms with E-state index >= 15 is 0 Å². The molecule has 5 heteroatoms. The van der Waals surface area contributed by atoms with Crippen molar-refractivity contribution in [1.29, 1.82) is 0 Å². The summed E-state index contributed by atoms with van der Waals surface area (Å²) >= 11 is 0. The van der Waals surface area contributed by atoms with E-state index in [0.29, 0.717) is 25.1 Å². The molecule has 0 bridgehead atoms. The first-order chi connectivity index (χ1) is 10.7. The Labute approximate surface area is 126 Å². The van der Waals surface area contributed by atoms with Crippen molar-refractivity contribution in [2.75, 3.05) is 6.54 Å². The monoisotopic (exact) mass is 293 g/mol. The molecule has 1 aliphatic heterocycles. The summed E-state index contributed by atoms with van der Waals surface area (Å²) in [5.74, 6) is 0.00417. The predicted molar refractivity (Wildman–Crippen MR) is 83.8 cm³/mol. The first-order valence-electron chi connectivity index (χ1n) is 7.29. The third-order valence-corrected chi connectivity index (χ3v) is 4.25. The van der Waals surface area contributed by atoms with Crippen LogP contribution < -0.4 is 5.56 Å². The van der Waals surface area contributed by atoms with Gasteiger partial charge in [0.05, 0.1) is 12.2 Å². The molecule has 110 valence electrons. The second-order valence-electron chi connectivity index (χ2n) is 5.54. The van der Waals surface area contributed by atoms with Crippen LogP contribution in [0.3, 0.4) is 0 Å². The highest BCUT2D eigenvalue weighted by molar-refractivity contribution is 6.07. The molecule has 0 spiro atoms. The van der Waals surface area contributed by atoms with Gasteiger partial charge < -0.3 is 10.00 Å². The van der Waals surface area contributed by atoms with E-state index in [4.69, 9.17) is 0 Å². The predicted octanol–water partition coefficient (Wildman–Crippen LogP) is 2.05. The van der Waals surface area contributed by atoms with Gasteiger partial charge in [0, 0.05) is 17.7 Å². The zero-order valence-electron chi connectivity index (χ0n) is 11.9. The molecule has 1 aliphatic rings. The minimum absolute atomic E-state index is 0.00417. The van der Waals surface area contributed by atoms with Crippen LogP contribution in [0.4, 0.5) is 0 Å². The number of nitrogens with one attached hydrogen (secondary N) is 2. The van der Waals surface area contributed by atoms with Crippen LogP contribution in [0.5, 0.6) is 0 Å². The van der Waals surface area contributed by atoms with E-state index in [1.807, 2.05) is 42.5 Å². The third kappa shape index (κ3) is 1.94. The van der Waals surface area contributed by atoms with Crippen molar-refractivity contribution in [2.24, 2.45) is 0 Å². The van der Waals surface area contributed by atoms with Gasteiger partial charge in [0.15, 0.2) is 0 Å². The summed E-state index contributed by atoms with van der Waals surface area (Å²) in [5, 5.41) is 7.48. The highest BCUT2D eigenvalue weighted by Gasteiger charge is 2.25. The fourth-order valence-corrected chi connectivity index (χ4v) is 3.09. The zero-order chi connectivity index (χ0) is 15.1. The Bertz CT molecular complexity index is 918. The molecule has 0 fully saturated rings. The van der Waals surface area contributed by atoms with Crippen LogP contribution in [0.1, 0.15) is 21.6 Å². The molecule has 0 saturated carbocycles. The number of aromatic nitrogens is 2. The average Bonchev–Trinajstić information content (AvgIpc) is 2.94. The van der Waals surface area contributed by atoms with Gasteiger partial charge in [-0.1, -0.05) is 36.4 Å². The lowest BCUT2D eigenvalue weighted by atomic mass is 10.0. The number of carbonyl (C=O) groups is 1. The Kier molecular flexibility index (Phi) is 2.85. The SMILES string of the molecule is O=C(c1cccc2ccccc12)N1CCc2c([nH][nH]c2=O)C1. The van der Waals surface area contributed by atoms with Crippen LogP contribution in [0, 0.1) is 0 Å². The summed E-state index contributed by atoms with van der Waals surface area (Å²) in [5.41, 5.74) is 2.21. The van der Waals surface area contributed by atoms with Crippen molar-refractivity contribution in [3.63, 3.8) is 0 Å². The molecule has 0 unspecified atom stereocenters. The average molecular weight is 293 g/mol. The summed E-state index contributed by atoms with van der Waals surface area (Å²) in [7, 11) is 0. The van der Waals surface area contributed by atoms with Gasteiger partial charge in [-0.2, -0.15) is 0 Å². The summed E-state index contributed by atoms with van der Waals surface area (Å²) in [4.78, 5) is 26.2. The first-order valence-corrected chi connectivity index (χ1v) is 7.29. The second-order valence-corrected chi connectivity index (χ2v) is 5.54. The Hall–Kier alpha value is -2.82. The van der Waals surface area contributed by atoms with Crippen molar-refractivity contribution in [1.82, 2.24) is 15.1 Å². The standard InChI is InChI=1S/C17H15N3O2/c21-16-14-8-9-20(10-15(14)18-19-16)17(22)13-7-3-5-11-4-1-2-6-12(11)13/h1-7H,8-10H2,(H2,18,19,21). The number of H-pyrrole nitrogens is 2. The Morgan fingerprint density at radius 2 is 1.86 bits per heavy atom. The van der Waals surface area contributed by atoms with E-state index in [1.165, 1.54) is 0 Å². The van der Waals surface area contributed by atoms with Gasteiger partial charge >= 0.3 is 0 Å². The minimum Gasteiger partial charge on any atom is -0.332 e. The summed E-state index contributed by atoms with van der Waals surface area (Å²) in [6.45, 7) is 1.01. The van der Waals surface area contributed by atoms with E-state index in [0.717, 1.165) is 22.0 Å². The number of amides is 1. The number of hydrogen-bond donors (Lipinski definition) is 2. The smallest absolute Gasteiger partial charge is 0.267 e. The Morgan fingerprint density at radius 3 is 2.77 bits per heavy atom. The van der Waals surface area contributed by atoms with E-state index in [1.54, 1.807) is 4.90 Å². The molecular weight excluding hydrogens is 278 g/mol. The molecule has 22 heavy (non-hydrogen) atoms. The number of fused-ring (bicyclic) bond motifs is 2. The molecule has 3 aromatic rings. The van der Waals surface area contributed by atoms with Crippen LogP contribution in [0.15, 0.2) is 47.3 Å². The lowest BCUT2D eigenvalue weighted by Crippen LogP contribution is -2.37. The number of hydrogen-bond acceptors (Lipinski definition) is 2. The fourth-order valence-electron chi connectivity index (χ4n) is 3.09. The highest BCUT2D eigenvalue weighted by atomic mass is 16.2. The van der Waals surface area contributed by atoms with Crippen molar-refractivity contribution in [2.45, 2.75) is 13.0 Å². The third-order valence-electron chi connectivity index (χ3n) is 4.25. The Balaban J connectivity index is 1.71. The van der Waals surface area contributed by atoms with Gasteiger partial charge in [0.2, 0.25) is 0 Å². The molecule has 4 rings (SSSR count). The van der Waals surface area contributed by atoms with Crippen LogP contribution in [0.2, 0.25) is 0 Å². The van der Waals surface area contributed by atoms with Gasteiger partial charge in [-0.15, -0.1) is 0 Å². The first kappa shape index (κ1) is 12.9. The van der Waals surface area contributed by atoms with E-state index in [-0.39, 0.29) is 11.5 Å².